The van der Waals surface area contributed by atoms with E-state index in [1.807, 2.05) is 37.3 Å². The van der Waals surface area contributed by atoms with Crippen molar-refractivity contribution in [2.24, 2.45) is 5.92 Å². The van der Waals surface area contributed by atoms with E-state index in [9.17, 15) is 33.9 Å². The first-order chi connectivity index (χ1) is 32.0. The molecule has 67 heavy (non-hydrogen) atoms. The molecule has 4 aromatic rings. The fourth-order valence-corrected chi connectivity index (χ4v) is 8.87. The quantitative estimate of drug-likeness (QED) is 0.0634. The van der Waals surface area contributed by atoms with E-state index in [4.69, 9.17) is 42.6 Å². The first-order valence-corrected chi connectivity index (χ1v) is 22.4. The monoisotopic (exact) mass is 1050 g/mol. The molecule has 2 fully saturated rings. The van der Waals surface area contributed by atoms with E-state index in [-0.39, 0.29) is 23.1 Å². The van der Waals surface area contributed by atoms with Gasteiger partial charge in [-0.2, -0.15) is 0 Å². The largest absolute Gasteiger partial charge is 0.467 e. The predicted octanol–water partition coefficient (Wildman–Crippen LogP) is 6.59. The lowest BCUT2D eigenvalue weighted by molar-refractivity contribution is -0.374. The zero-order valence-corrected chi connectivity index (χ0v) is 40.2. The van der Waals surface area contributed by atoms with E-state index in [2.05, 4.69) is 38.4 Å². The van der Waals surface area contributed by atoms with Crippen molar-refractivity contribution in [1.82, 2.24) is 0 Å². The molecule has 2 aliphatic heterocycles. The third-order valence-corrected chi connectivity index (χ3v) is 12.7. The Morgan fingerprint density at radius 1 is 0.716 bits per heavy atom. The van der Waals surface area contributed by atoms with Gasteiger partial charge in [-0.15, -0.1) is 0 Å². The summed E-state index contributed by atoms with van der Waals surface area (Å²) in [4.78, 5) is 85.0. The molecule has 0 aliphatic carbocycles. The van der Waals surface area contributed by atoms with E-state index in [1.54, 1.807) is 42.5 Å². The number of carbonyl (C=O) groups excluding carboxylic acids is 6. The molecule has 18 heteroatoms. The molecule has 354 valence electrons. The van der Waals surface area contributed by atoms with Crippen molar-refractivity contribution >= 4 is 67.7 Å². The molecule has 0 aromatic heterocycles. The Labute approximate surface area is 403 Å². The van der Waals surface area contributed by atoms with Gasteiger partial charge < -0.3 is 47.7 Å². The molecule has 9 atom stereocenters. The van der Waals surface area contributed by atoms with Crippen LogP contribution < -0.4 is 0 Å². The van der Waals surface area contributed by atoms with Gasteiger partial charge in [0.2, 0.25) is 17.5 Å². The van der Waals surface area contributed by atoms with Crippen LogP contribution in [0.2, 0.25) is 0 Å². The van der Waals surface area contributed by atoms with E-state index in [0.29, 0.717) is 20.9 Å². The van der Waals surface area contributed by atoms with Crippen LogP contribution in [0.4, 0.5) is 0 Å². The molecule has 0 amide bonds. The maximum absolute atomic E-state index is 14.6. The molecule has 2 heterocycles. The number of aliphatic hydroxyl groups is 1. The van der Waals surface area contributed by atoms with Gasteiger partial charge >= 0.3 is 35.8 Å². The summed E-state index contributed by atoms with van der Waals surface area (Å²) >= 11 is 6.64. The van der Waals surface area contributed by atoms with Crippen LogP contribution >= 0.6 is 31.9 Å². The average Bonchev–Trinajstić information content (AvgIpc) is 3.57. The number of fused-ring (bicyclic) bond motifs is 2. The lowest BCUT2D eigenvalue weighted by Gasteiger charge is -2.49. The third-order valence-electron chi connectivity index (χ3n) is 11.6. The Hall–Kier alpha value is -5.76. The molecule has 2 saturated heterocycles. The zero-order valence-electron chi connectivity index (χ0n) is 37.0. The van der Waals surface area contributed by atoms with Gasteiger partial charge in [0.25, 0.3) is 5.60 Å². The highest BCUT2D eigenvalue weighted by molar-refractivity contribution is 9.10. The summed E-state index contributed by atoms with van der Waals surface area (Å²) in [7, 11) is 4.02. The molecule has 4 aromatic carbocycles. The average molecular weight is 1050 g/mol. The highest BCUT2D eigenvalue weighted by atomic mass is 79.9. The predicted molar refractivity (Wildman–Crippen MR) is 243 cm³/mol. The minimum absolute atomic E-state index is 0.0464. The normalized spacial score (nSPS) is 24.2. The SMILES string of the molecule is C=C(CC[C@]12O[C@H](C(=O)OC)[C@@](O)(C(=O)OC)[C@](C(=O)OC)(O1)[C@H](OC(=O)c1ccc(Br)cc1)[C@H]2OC(=O)c1ccc(Br)cc1)C(OC(=O)[C@@H](OC)c1ccccc1)C(C)Cc1ccccc1. The van der Waals surface area contributed by atoms with Gasteiger partial charge in [-0.05, 0) is 78.1 Å². The molecule has 0 saturated carbocycles. The van der Waals surface area contributed by atoms with Crippen molar-refractivity contribution in [3.8, 4) is 0 Å². The van der Waals surface area contributed by atoms with Crippen molar-refractivity contribution < 1.29 is 76.5 Å². The van der Waals surface area contributed by atoms with Crippen molar-refractivity contribution in [3.63, 3.8) is 0 Å². The van der Waals surface area contributed by atoms with Crippen LogP contribution in [-0.2, 0) is 68.2 Å². The van der Waals surface area contributed by atoms with Crippen LogP contribution in [0.3, 0.4) is 0 Å². The van der Waals surface area contributed by atoms with E-state index in [0.717, 1.165) is 26.9 Å². The summed E-state index contributed by atoms with van der Waals surface area (Å²) in [6.07, 6.45) is -9.59. The Balaban J connectivity index is 1.51. The molecule has 2 bridgehead atoms. The standard InChI is InChI=1S/C49H48Br2O16/c1-28(36(29(2)27-30-13-9-7-10-14-30)63-43(54)37(59-3)31-15-11-8-12-16-31)25-26-47-38(64-41(52)32-17-21-34(50)22-18-32)39(65-42(53)33-19-23-35(51)24-20-33)49(67-47,46(57)62-6)48(58,45(56)61-5)40(66-47)44(55)60-4/h7-24,29,36-40,58H,1,25-27H2,2-6H3/t29?,36?,37-,38+,39+,40+,47-,48+,49-/m0/s1. The van der Waals surface area contributed by atoms with Crippen LogP contribution in [-0.4, -0.2) is 111 Å². The maximum Gasteiger partial charge on any atom is 0.346 e. The topological polar surface area (TPSA) is 206 Å². The van der Waals surface area contributed by atoms with Crippen LogP contribution in [0.15, 0.2) is 130 Å². The highest BCUT2D eigenvalue weighted by Gasteiger charge is 2.87. The van der Waals surface area contributed by atoms with Crippen molar-refractivity contribution in [2.75, 3.05) is 28.4 Å². The van der Waals surface area contributed by atoms with Crippen molar-refractivity contribution in [1.29, 1.82) is 0 Å². The van der Waals surface area contributed by atoms with Gasteiger partial charge in [0.15, 0.2) is 18.3 Å². The van der Waals surface area contributed by atoms with Crippen LogP contribution in [0, 0.1) is 5.92 Å². The van der Waals surface area contributed by atoms with E-state index < -0.39 is 95.7 Å². The van der Waals surface area contributed by atoms with Gasteiger partial charge in [-0.25, -0.2) is 28.8 Å². The first-order valence-electron chi connectivity index (χ1n) is 20.8. The lowest BCUT2D eigenvalue weighted by atomic mass is 9.74. The van der Waals surface area contributed by atoms with E-state index >= 15 is 0 Å². The minimum atomic E-state index is -3.57. The summed E-state index contributed by atoms with van der Waals surface area (Å²) < 4.78 is 53.3. The smallest absolute Gasteiger partial charge is 0.346 e. The number of methoxy groups -OCH3 is 4. The second kappa shape index (κ2) is 21.5. The van der Waals surface area contributed by atoms with Gasteiger partial charge in [0.05, 0.1) is 32.5 Å². The summed E-state index contributed by atoms with van der Waals surface area (Å²) in [5.74, 6) is -10.7. The maximum atomic E-state index is 14.6. The molecule has 2 aliphatic rings. The number of hydrogen-bond acceptors (Lipinski definition) is 16. The molecule has 0 radical (unpaired) electrons. The minimum Gasteiger partial charge on any atom is -0.467 e. The number of rotatable bonds is 18. The zero-order chi connectivity index (χ0) is 48.7. The van der Waals surface area contributed by atoms with Gasteiger partial charge in [-0.3, -0.25) is 0 Å². The molecule has 16 nitrogen and oxygen atoms in total. The lowest BCUT2D eigenvalue weighted by Crippen LogP contribution is -2.78. The fraction of sp³-hybridized carbons (Fsp3) is 0.347. The van der Waals surface area contributed by atoms with Crippen LogP contribution in [0.5, 0.6) is 0 Å². The number of benzene rings is 4. The summed E-state index contributed by atoms with van der Waals surface area (Å²) in [5, 5.41) is 12.7. The molecular weight excluding hydrogens is 1000 g/mol. The second-order valence-corrected chi connectivity index (χ2v) is 17.6. The Bertz CT molecular complexity index is 2450. The Kier molecular flexibility index (Phi) is 16.2. The van der Waals surface area contributed by atoms with Crippen LogP contribution in [0.25, 0.3) is 0 Å². The molecule has 6 rings (SSSR count). The number of hydrogen-bond donors (Lipinski definition) is 1. The summed E-state index contributed by atoms with van der Waals surface area (Å²) in [5.41, 5.74) is -5.34. The molecule has 1 N–H and O–H groups in total. The van der Waals surface area contributed by atoms with E-state index in [1.165, 1.54) is 43.5 Å². The number of halogens is 2. The van der Waals surface area contributed by atoms with Gasteiger partial charge in [-0.1, -0.05) is 106 Å². The summed E-state index contributed by atoms with van der Waals surface area (Å²) in [6.45, 7) is 6.16. The van der Waals surface area contributed by atoms with Gasteiger partial charge in [0, 0.05) is 28.4 Å². The molecular formula is C49H48Br2O16. The van der Waals surface area contributed by atoms with Gasteiger partial charge in [0.1, 0.15) is 6.10 Å². The summed E-state index contributed by atoms with van der Waals surface area (Å²) in [6, 6.07) is 29.8. The number of esters is 6. The second-order valence-electron chi connectivity index (χ2n) is 15.8. The highest BCUT2D eigenvalue weighted by Crippen LogP contribution is 2.58. The number of ether oxygens (including phenoxy) is 9. The first kappa shape index (κ1) is 50.6. The third kappa shape index (κ3) is 10.1. The number of carbonyl (C=O) groups is 6. The molecule has 2 unspecified atom stereocenters. The van der Waals surface area contributed by atoms with Crippen LogP contribution in [0.1, 0.15) is 57.7 Å². The Morgan fingerprint density at radius 2 is 1.24 bits per heavy atom. The fourth-order valence-electron chi connectivity index (χ4n) is 8.35. The Morgan fingerprint density at radius 3 is 1.75 bits per heavy atom. The van der Waals surface area contributed by atoms with Crippen molar-refractivity contribution in [3.05, 3.63) is 153 Å². The van der Waals surface area contributed by atoms with Crippen molar-refractivity contribution in [2.45, 2.75) is 73.7 Å². The molecule has 0 spiro atoms.